The highest BCUT2D eigenvalue weighted by atomic mass is 16.2. The molecule has 3 aliphatic rings. The molecule has 2 heteroatoms. The molecule has 0 aromatic rings. The lowest BCUT2D eigenvalue weighted by atomic mass is 9.83. The van der Waals surface area contributed by atoms with E-state index < -0.39 is 0 Å². The zero-order chi connectivity index (χ0) is 9.54. The quantitative estimate of drug-likeness (QED) is 0.581. The Morgan fingerprint density at radius 3 is 2.71 bits per heavy atom. The van der Waals surface area contributed by atoms with E-state index in [-0.39, 0.29) is 0 Å². The number of hydrogen-bond donors (Lipinski definition) is 0. The maximum absolute atomic E-state index is 12.1. The summed E-state index contributed by atoms with van der Waals surface area (Å²) in [5, 5.41) is 0. The van der Waals surface area contributed by atoms with E-state index in [0.717, 1.165) is 19.3 Å². The maximum atomic E-state index is 12.1. The van der Waals surface area contributed by atoms with Crippen molar-refractivity contribution >= 4 is 5.91 Å². The minimum Gasteiger partial charge on any atom is -0.333 e. The van der Waals surface area contributed by atoms with Crippen LogP contribution in [0.5, 0.6) is 0 Å². The van der Waals surface area contributed by atoms with Crippen LogP contribution in [0.15, 0.2) is 12.2 Å². The minimum atomic E-state index is 0.379. The van der Waals surface area contributed by atoms with E-state index >= 15 is 0 Å². The maximum Gasteiger partial charge on any atom is 0.226 e. The van der Waals surface area contributed by atoms with Gasteiger partial charge in [0.15, 0.2) is 0 Å². The first-order chi connectivity index (χ1) is 6.86. The molecule has 2 heterocycles. The van der Waals surface area contributed by atoms with Gasteiger partial charge in [0.1, 0.15) is 0 Å². The predicted octanol–water partition coefficient (Wildman–Crippen LogP) is 2.11. The van der Waals surface area contributed by atoms with Gasteiger partial charge in [-0.3, -0.25) is 4.79 Å². The van der Waals surface area contributed by atoms with Gasteiger partial charge in [0, 0.05) is 12.0 Å². The number of carbonyl (C=O) groups excluding carboxylic acids is 1. The number of fused-ring (bicyclic) bond motifs is 2. The Hall–Kier alpha value is -0.790. The van der Waals surface area contributed by atoms with Crippen molar-refractivity contribution in [3.8, 4) is 0 Å². The Bertz CT molecular complexity index is 280. The van der Waals surface area contributed by atoms with Crippen molar-refractivity contribution in [2.45, 2.75) is 50.6 Å². The Kier molecular flexibility index (Phi) is 1.89. The summed E-state index contributed by atoms with van der Waals surface area (Å²) in [5.74, 6) is 0.831. The molecule has 1 saturated heterocycles. The minimum absolute atomic E-state index is 0.379. The fraction of sp³-hybridized carbons (Fsp3) is 0.750. The molecular weight excluding hydrogens is 174 g/mol. The Labute approximate surface area is 85.0 Å². The second kappa shape index (κ2) is 3.11. The molecule has 2 fully saturated rings. The number of amides is 1. The van der Waals surface area contributed by atoms with Crippen molar-refractivity contribution in [2.75, 3.05) is 0 Å². The molecule has 0 N–H and O–H groups in total. The highest BCUT2D eigenvalue weighted by Gasteiger charge is 2.40. The highest BCUT2D eigenvalue weighted by molar-refractivity contribution is 5.81. The van der Waals surface area contributed by atoms with E-state index in [2.05, 4.69) is 17.1 Å². The van der Waals surface area contributed by atoms with E-state index in [1.54, 1.807) is 0 Å². The lowest BCUT2D eigenvalue weighted by Gasteiger charge is -2.37. The molecule has 2 aliphatic heterocycles. The van der Waals surface area contributed by atoms with Gasteiger partial charge in [-0.1, -0.05) is 18.6 Å². The van der Waals surface area contributed by atoms with Gasteiger partial charge >= 0.3 is 0 Å². The lowest BCUT2D eigenvalue weighted by molar-refractivity contribution is -0.140. The fourth-order valence-corrected chi connectivity index (χ4v) is 2.93. The van der Waals surface area contributed by atoms with E-state index in [4.69, 9.17) is 0 Å². The van der Waals surface area contributed by atoms with Gasteiger partial charge in [-0.15, -0.1) is 0 Å². The van der Waals surface area contributed by atoms with E-state index in [0.29, 0.717) is 23.9 Å². The molecule has 2 bridgehead atoms. The van der Waals surface area contributed by atoms with Crippen LogP contribution in [0, 0.1) is 5.92 Å². The zero-order valence-corrected chi connectivity index (χ0v) is 8.48. The molecule has 0 aromatic carbocycles. The normalized spacial score (nSPS) is 35.9. The second-order valence-corrected chi connectivity index (χ2v) is 4.84. The van der Waals surface area contributed by atoms with Crippen LogP contribution in [0.3, 0.4) is 0 Å². The first-order valence-corrected chi connectivity index (χ1v) is 5.85. The third-order valence-electron chi connectivity index (χ3n) is 4.02. The van der Waals surface area contributed by atoms with Crippen LogP contribution in [0.2, 0.25) is 0 Å². The SMILES string of the molecule is O=C(C1CCC1)N1C2C=CCC1CC2. The Morgan fingerprint density at radius 2 is 2.07 bits per heavy atom. The molecule has 14 heavy (non-hydrogen) atoms. The summed E-state index contributed by atoms with van der Waals surface area (Å²) in [4.78, 5) is 14.3. The zero-order valence-electron chi connectivity index (χ0n) is 8.48. The number of rotatable bonds is 1. The number of nitrogens with zero attached hydrogens (tertiary/aromatic N) is 1. The van der Waals surface area contributed by atoms with Crippen LogP contribution in [-0.2, 0) is 4.79 Å². The summed E-state index contributed by atoms with van der Waals surface area (Å²) in [6.07, 6.45) is 11.5. The molecule has 2 unspecified atom stereocenters. The summed E-state index contributed by atoms with van der Waals surface area (Å²) >= 11 is 0. The van der Waals surface area contributed by atoms with Crippen molar-refractivity contribution in [1.82, 2.24) is 4.90 Å². The average molecular weight is 191 g/mol. The predicted molar refractivity (Wildman–Crippen MR) is 54.8 cm³/mol. The molecule has 1 aliphatic carbocycles. The number of hydrogen-bond acceptors (Lipinski definition) is 1. The Morgan fingerprint density at radius 1 is 1.21 bits per heavy atom. The van der Waals surface area contributed by atoms with Crippen LogP contribution in [0.4, 0.5) is 0 Å². The molecule has 0 radical (unpaired) electrons. The van der Waals surface area contributed by atoms with Gasteiger partial charge < -0.3 is 4.90 Å². The molecular formula is C12H17NO. The third-order valence-corrected chi connectivity index (χ3v) is 4.02. The molecule has 76 valence electrons. The van der Waals surface area contributed by atoms with Gasteiger partial charge in [-0.2, -0.15) is 0 Å². The van der Waals surface area contributed by atoms with Gasteiger partial charge in [-0.05, 0) is 32.1 Å². The van der Waals surface area contributed by atoms with Crippen LogP contribution in [0.25, 0.3) is 0 Å². The monoisotopic (exact) mass is 191 g/mol. The van der Waals surface area contributed by atoms with Crippen LogP contribution in [0.1, 0.15) is 38.5 Å². The van der Waals surface area contributed by atoms with Crippen molar-refractivity contribution < 1.29 is 4.79 Å². The summed E-state index contributed by atoms with van der Waals surface area (Å²) in [5.41, 5.74) is 0. The van der Waals surface area contributed by atoms with E-state index in [1.807, 2.05) is 0 Å². The standard InChI is InChI=1S/C12H17NO/c14-12(9-3-1-4-9)13-10-5-2-6-11(13)8-7-10/h2,5,9-11H,1,3-4,6-8H2. The fourth-order valence-electron chi connectivity index (χ4n) is 2.93. The molecule has 0 aromatic heterocycles. The first kappa shape index (κ1) is 8.51. The topological polar surface area (TPSA) is 20.3 Å². The largest absolute Gasteiger partial charge is 0.333 e. The van der Waals surface area contributed by atoms with E-state index in [1.165, 1.54) is 19.3 Å². The summed E-state index contributed by atoms with van der Waals surface area (Å²) in [6.45, 7) is 0. The van der Waals surface area contributed by atoms with Crippen LogP contribution in [-0.4, -0.2) is 22.9 Å². The van der Waals surface area contributed by atoms with Crippen molar-refractivity contribution in [3.05, 3.63) is 12.2 Å². The van der Waals surface area contributed by atoms with Crippen molar-refractivity contribution in [3.63, 3.8) is 0 Å². The summed E-state index contributed by atoms with van der Waals surface area (Å²) in [6, 6.07) is 0.986. The van der Waals surface area contributed by atoms with Gasteiger partial charge in [-0.25, -0.2) is 0 Å². The van der Waals surface area contributed by atoms with Gasteiger partial charge in [0.2, 0.25) is 5.91 Å². The van der Waals surface area contributed by atoms with Gasteiger partial charge in [0.05, 0.1) is 6.04 Å². The smallest absolute Gasteiger partial charge is 0.226 e. The second-order valence-electron chi connectivity index (χ2n) is 4.84. The number of carbonyl (C=O) groups is 1. The van der Waals surface area contributed by atoms with Gasteiger partial charge in [0.25, 0.3) is 0 Å². The highest BCUT2D eigenvalue weighted by Crippen LogP contribution is 2.36. The molecule has 1 amide bonds. The average Bonchev–Trinajstić information content (AvgIpc) is 2.33. The molecule has 3 rings (SSSR count). The Balaban J connectivity index is 1.78. The van der Waals surface area contributed by atoms with Crippen LogP contribution >= 0.6 is 0 Å². The molecule has 2 atom stereocenters. The summed E-state index contributed by atoms with van der Waals surface area (Å²) in [7, 11) is 0. The van der Waals surface area contributed by atoms with Crippen molar-refractivity contribution in [2.24, 2.45) is 5.92 Å². The van der Waals surface area contributed by atoms with Crippen LogP contribution < -0.4 is 0 Å². The van der Waals surface area contributed by atoms with Crippen molar-refractivity contribution in [1.29, 1.82) is 0 Å². The molecule has 0 spiro atoms. The first-order valence-electron chi connectivity index (χ1n) is 5.85. The molecule has 2 nitrogen and oxygen atoms in total. The molecule has 1 saturated carbocycles. The lowest BCUT2D eigenvalue weighted by Crippen LogP contribution is -2.46. The van der Waals surface area contributed by atoms with E-state index in [9.17, 15) is 4.79 Å². The summed E-state index contributed by atoms with van der Waals surface area (Å²) < 4.78 is 0. The third kappa shape index (κ3) is 1.13.